The summed E-state index contributed by atoms with van der Waals surface area (Å²) < 4.78 is 17.5. The van der Waals surface area contributed by atoms with Crippen molar-refractivity contribution in [3.8, 4) is 17.2 Å². The van der Waals surface area contributed by atoms with E-state index in [1.165, 1.54) is 0 Å². The Balaban J connectivity index is 1.36. The van der Waals surface area contributed by atoms with Gasteiger partial charge in [0.25, 0.3) is 0 Å². The van der Waals surface area contributed by atoms with E-state index in [0.717, 1.165) is 54.2 Å². The molecule has 5 nitrogen and oxygen atoms in total. The van der Waals surface area contributed by atoms with Crippen LogP contribution in [0.5, 0.6) is 17.2 Å². The monoisotopic (exact) mass is 413 g/mol. The summed E-state index contributed by atoms with van der Waals surface area (Å²) >= 11 is 6.13. The van der Waals surface area contributed by atoms with Crippen molar-refractivity contribution in [1.29, 1.82) is 0 Å². The van der Waals surface area contributed by atoms with Gasteiger partial charge in [-0.25, -0.2) is 0 Å². The molecule has 3 aliphatic heterocycles. The lowest BCUT2D eigenvalue weighted by atomic mass is 9.94. The second kappa shape index (κ2) is 7.79. The number of amides is 1. The van der Waals surface area contributed by atoms with Gasteiger partial charge in [0.2, 0.25) is 5.91 Å². The van der Waals surface area contributed by atoms with Crippen LogP contribution in [0.4, 0.5) is 0 Å². The van der Waals surface area contributed by atoms with E-state index in [1.807, 2.05) is 35.2 Å². The lowest BCUT2D eigenvalue weighted by molar-refractivity contribution is -0.137. The molecular formula is C23H24ClNO4. The summed E-state index contributed by atoms with van der Waals surface area (Å²) in [6.45, 7) is 2.52. The van der Waals surface area contributed by atoms with E-state index < -0.39 is 0 Å². The van der Waals surface area contributed by atoms with Crippen LogP contribution in [0.25, 0.3) is 0 Å². The van der Waals surface area contributed by atoms with E-state index in [0.29, 0.717) is 31.3 Å². The highest BCUT2D eigenvalue weighted by Crippen LogP contribution is 2.39. The Hall–Kier alpha value is -2.40. The molecule has 2 aromatic rings. The van der Waals surface area contributed by atoms with Crippen molar-refractivity contribution in [1.82, 2.24) is 4.90 Å². The topological polar surface area (TPSA) is 48.0 Å². The van der Waals surface area contributed by atoms with E-state index >= 15 is 0 Å². The fourth-order valence-electron chi connectivity index (χ4n) is 4.52. The van der Waals surface area contributed by atoms with E-state index in [-0.39, 0.29) is 17.9 Å². The highest BCUT2D eigenvalue weighted by atomic mass is 35.5. The Labute approximate surface area is 175 Å². The maximum atomic E-state index is 13.4. The Morgan fingerprint density at radius 2 is 1.79 bits per heavy atom. The molecule has 1 fully saturated rings. The Morgan fingerprint density at radius 3 is 2.69 bits per heavy atom. The average molecular weight is 414 g/mol. The molecule has 6 heteroatoms. The van der Waals surface area contributed by atoms with Crippen molar-refractivity contribution < 1.29 is 19.0 Å². The zero-order chi connectivity index (χ0) is 19.8. The molecule has 0 aromatic heterocycles. The third-order valence-electron chi connectivity index (χ3n) is 5.97. The van der Waals surface area contributed by atoms with Gasteiger partial charge in [-0.3, -0.25) is 4.79 Å². The summed E-state index contributed by atoms with van der Waals surface area (Å²) in [4.78, 5) is 15.4. The molecule has 152 valence electrons. The van der Waals surface area contributed by atoms with Crippen LogP contribution in [0.3, 0.4) is 0 Å². The van der Waals surface area contributed by atoms with Gasteiger partial charge in [-0.15, -0.1) is 0 Å². The SMILES string of the molecule is O=C([C@H]1COc2ccc(Cl)cc2C1)N1CCC[C@H]1c1ccc2c(c1)OCCCO2. The number of benzene rings is 2. The molecule has 0 aliphatic carbocycles. The predicted octanol–water partition coefficient (Wildman–Crippen LogP) is 4.42. The quantitative estimate of drug-likeness (QED) is 0.731. The minimum absolute atomic E-state index is 0.0698. The Bertz CT molecular complexity index is 931. The van der Waals surface area contributed by atoms with Gasteiger partial charge >= 0.3 is 0 Å². The third-order valence-corrected chi connectivity index (χ3v) is 6.21. The van der Waals surface area contributed by atoms with Crippen molar-refractivity contribution in [2.75, 3.05) is 26.4 Å². The fraction of sp³-hybridized carbons (Fsp3) is 0.435. The number of halogens is 1. The van der Waals surface area contributed by atoms with Crippen molar-refractivity contribution in [3.05, 3.63) is 52.5 Å². The summed E-state index contributed by atoms with van der Waals surface area (Å²) in [6, 6.07) is 11.8. The number of carbonyl (C=O) groups excluding carboxylic acids is 1. The summed E-state index contributed by atoms with van der Waals surface area (Å²) in [5.74, 6) is 2.38. The summed E-state index contributed by atoms with van der Waals surface area (Å²) in [6.07, 6.45) is 3.51. The largest absolute Gasteiger partial charge is 0.492 e. The van der Waals surface area contributed by atoms with Crippen LogP contribution in [0.1, 0.15) is 36.4 Å². The van der Waals surface area contributed by atoms with Crippen molar-refractivity contribution in [2.45, 2.75) is 31.7 Å². The first-order valence-corrected chi connectivity index (χ1v) is 10.7. The number of hydrogen-bond acceptors (Lipinski definition) is 4. The van der Waals surface area contributed by atoms with Crippen LogP contribution < -0.4 is 14.2 Å². The number of nitrogens with zero attached hydrogens (tertiary/aromatic N) is 1. The summed E-state index contributed by atoms with van der Waals surface area (Å²) in [7, 11) is 0. The number of hydrogen-bond donors (Lipinski definition) is 0. The predicted molar refractivity (Wildman–Crippen MR) is 110 cm³/mol. The summed E-state index contributed by atoms with van der Waals surface area (Å²) in [5.41, 5.74) is 2.12. The maximum Gasteiger partial charge on any atom is 0.229 e. The molecule has 0 spiro atoms. The molecule has 2 aromatic carbocycles. The Morgan fingerprint density at radius 1 is 0.966 bits per heavy atom. The average Bonchev–Trinajstić information content (AvgIpc) is 3.11. The molecule has 0 N–H and O–H groups in total. The summed E-state index contributed by atoms with van der Waals surface area (Å²) in [5, 5.41) is 0.673. The van der Waals surface area contributed by atoms with Crippen LogP contribution in [-0.4, -0.2) is 37.2 Å². The number of rotatable bonds is 2. The molecule has 5 rings (SSSR count). The molecule has 0 bridgehead atoms. The van der Waals surface area contributed by atoms with Gasteiger partial charge in [0.05, 0.1) is 25.2 Å². The zero-order valence-electron chi connectivity index (χ0n) is 16.2. The first kappa shape index (κ1) is 18.6. The number of carbonyl (C=O) groups is 1. The van der Waals surface area contributed by atoms with E-state index in [9.17, 15) is 4.79 Å². The lowest BCUT2D eigenvalue weighted by Gasteiger charge is -2.32. The molecule has 0 radical (unpaired) electrons. The van der Waals surface area contributed by atoms with Gasteiger partial charge in [-0.2, -0.15) is 0 Å². The molecule has 0 saturated carbocycles. The highest BCUT2D eigenvalue weighted by molar-refractivity contribution is 6.30. The van der Waals surface area contributed by atoms with E-state index in [4.69, 9.17) is 25.8 Å². The smallest absolute Gasteiger partial charge is 0.229 e. The first-order chi connectivity index (χ1) is 14.2. The van der Waals surface area contributed by atoms with Crippen LogP contribution in [0, 0.1) is 5.92 Å². The van der Waals surface area contributed by atoms with Gasteiger partial charge in [0.1, 0.15) is 12.4 Å². The second-order valence-corrected chi connectivity index (χ2v) is 8.35. The number of ether oxygens (including phenoxy) is 3. The van der Waals surface area contributed by atoms with Gasteiger partial charge in [-0.1, -0.05) is 17.7 Å². The Kier molecular flexibility index (Phi) is 5.00. The molecule has 3 aliphatic rings. The van der Waals surface area contributed by atoms with Crippen molar-refractivity contribution in [3.63, 3.8) is 0 Å². The third kappa shape index (κ3) is 3.64. The van der Waals surface area contributed by atoms with Crippen LogP contribution in [-0.2, 0) is 11.2 Å². The zero-order valence-corrected chi connectivity index (χ0v) is 17.0. The van der Waals surface area contributed by atoms with Gasteiger partial charge < -0.3 is 19.1 Å². The molecule has 3 heterocycles. The van der Waals surface area contributed by atoms with E-state index in [1.54, 1.807) is 0 Å². The minimum atomic E-state index is -0.179. The van der Waals surface area contributed by atoms with E-state index in [2.05, 4.69) is 6.07 Å². The number of likely N-dealkylation sites (tertiary alicyclic amines) is 1. The molecule has 2 atom stereocenters. The van der Waals surface area contributed by atoms with Crippen molar-refractivity contribution >= 4 is 17.5 Å². The molecule has 1 saturated heterocycles. The molecule has 1 amide bonds. The van der Waals surface area contributed by atoms with Crippen LogP contribution in [0.2, 0.25) is 5.02 Å². The highest BCUT2D eigenvalue weighted by Gasteiger charge is 2.36. The normalized spacial score (nSPS) is 23.1. The molecular weight excluding hydrogens is 390 g/mol. The lowest BCUT2D eigenvalue weighted by Crippen LogP contribution is -2.40. The van der Waals surface area contributed by atoms with Crippen molar-refractivity contribution in [2.24, 2.45) is 5.92 Å². The fourth-order valence-corrected chi connectivity index (χ4v) is 4.72. The molecule has 29 heavy (non-hydrogen) atoms. The maximum absolute atomic E-state index is 13.4. The first-order valence-electron chi connectivity index (χ1n) is 10.3. The molecule has 0 unspecified atom stereocenters. The number of fused-ring (bicyclic) bond motifs is 2. The van der Waals surface area contributed by atoms with Crippen LogP contribution >= 0.6 is 11.6 Å². The second-order valence-electron chi connectivity index (χ2n) is 7.91. The van der Waals surface area contributed by atoms with Gasteiger partial charge in [-0.05, 0) is 60.7 Å². The minimum Gasteiger partial charge on any atom is -0.492 e. The standard InChI is InChI=1S/C23H24ClNO4/c24-18-5-7-20-16(12-18)11-17(14-29-20)23(26)25-8-1-3-19(25)15-4-6-21-22(13-15)28-10-2-9-27-21/h4-7,12-13,17,19H,1-3,8-11,14H2/t17-,19+/m1/s1. The van der Waals surface area contributed by atoms with Gasteiger partial charge in [0, 0.05) is 18.0 Å². The van der Waals surface area contributed by atoms with Crippen LogP contribution in [0.15, 0.2) is 36.4 Å². The van der Waals surface area contributed by atoms with Gasteiger partial charge in [0.15, 0.2) is 11.5 Å².